The molecule has 0 N–H and O–H groups in total. The van der Waals surface area contributed by atoms with Crippen molar-refractivity contribution in [2.45, 2.75) is 129 Å². The van der Waals surface area contributed by atoms with Crippen LogP contribution in [0.5, 0.6) is 0 Å². The third-order valence-electron chi connectivity index (χ3n) is 9.58. The van der Waals surface area contributed by atoms with Crippen LogP contribution in [0, 0.1) is 0 Å². The fraction of sp³-hybridized carbons (Fsp3) is 0.500. The summed E-state index contributed by atoms with van der Waals surface area (Å²) in [4.78, 5) is 4.40. The van der Waals surface area contributed by atoms with E-state index in [-0.39, 0.29) is 10.9 Å². The Kier molecular flexibility index (Phi) is 10.2. The van der Waals surface area contributed by atoms with Crippen LogP contribution in [0.2, 0.25) is 0 Å². The van der Waals surface area contributed by atoms with Gasteiger partial charge in [-0.2, -0.15) is 0 Å². The summed E-state index contributed by atoms with van der Waals surface area (Å²) < 4.78 is 59.2. The normalized spacial score (nSPS) is 20.8. The van der Waals surface area contributed by atoms with Gasteiger partial charge in [0, 0.05) is 0 Å². The van der Waals surface area contributed by atoms with Crippen LogP contribution in [0.25, 0.3) is 0 Å². The zero-order valence-electron chi connectivity index (χ0n) is 25.4. The molecule has 3 aliphatic rings. The largest absolute Gasteiger partial charge is 0.166 e. The number of rotatable bonds is 6. The van der Waals surface area contributed by atoms with Crippen LogP contribution in [0.4, 0.5) is 25.2 Å². The van der Waals surface area contributed by atoms with E-state index in [0.29, 0.717) is 0 Å². The van der Waals surface area contributed by atoms with Gasteiger partial charge in [-0.15, -0.1) is 0 Å². The third-order valence-corrected chi connectivity index (χ3v) is 11.8. The molecule has 3 aromatic carbocycles. The molecule has 0 heterocycles. The minimum Gasteiger partial charge on any atom is -0.0537 e. The molecule has 0 bridgehead atoms. The second-order valence-electron chi connectivity index (χ2n) is 13.0. The van der Waals surface area contributed by atoms with Crippen LogP contribution in [0.15, 0.2) is 87.5 Å². The Bertz CT molecular complexity index is 1160. The van der Waals surface area contributed by atoms with Gasteiger partial charge in [0.05, 0.1) is 10.9 Å². The summed E-state index contributed by atoms with van der Waals surface area (Å²) in [6.07, 6.45) is 20.9. The van der Waals surface area contributed by atoms with E-state index in [0.717, 1.165) is 17.8 Å². The molecular formula is C36H45F6PS. The zero-order valence-corrected chi connectivity index (χ0v) is 27.1. The number of halogens is 6. The quantitative estimate of drug-likeness (QED) is 0.141. The summed E-state index contributed by atoms with van der Waals surface area (Å²) in [5.41, 5.74) is 4.69. The summed E-state index contributed by atoms with van der Waals surface area (Å²) in [7, 11) is -10.7. The van der Waals surface area contributed by atoms with Gasteiger partial charge < -0.3 is 0 Å². The summed E-state index contributed by atoms with van der Waals surface area (Å²) in [5, 5.41) is 0. The van der Waals surface area contributed by atoms with E-state index >= 15 is 0 Å². The number of hydrogen-bond acceptors (Lipinski definition) is 0. The van der Waals surface area contributed by atoms with Gasteiger partial charge in [0.25, 0.3) is 0 Å². The Labute approximate surface area is 261 Å². The molecule has 3 aromatic rings. The smallest absolute Gasteiger partial charge is 0.0537 e. The molecule has 0 spiro atoms. The van der Waals surface area contributed by atoms with E-state index < -0.39 is 7.81 Å². The molecule has 3 aliphatic carbocycles. The van der Waals surface area contributed by atoms with Crippen molar-refractivity contribution >= 4 is 18.7 Å². The minimum absolute atomic E-state index is 0.0542. The van der Waals surface area contributed by atoms with Crippen molar-refractivity contribution in [3.8, 4) is 0 Å². The molecule has 0 aliphatic heterocycles. The Hall–Kier alpha value is -1.98. The molecular weight excluding hydrogens is 609 g/mol. The fourth-order valence-electron chi connectivity index (χ4n) is 7.34. The summed E-state index contributed by atoms with van der Waals surface area (Å²) in [6.45, 7) is 0. The molecule has 0 amide bonds. The number of hydrogen-bond donors (Lipinski definition) is 0. The molecule has 3 saturated carbocycles. The Morgan fingerprint density at radius 2 is 0.568 bits per heavy atom. The van der Waals surface area contributed by atoms with Gasteiger partial charge >= 0.3 is 33.0 Å². The molecule has 0 radical (unpaired) electrons. The first-order valence-corrected chi connectivity index (χ1v) is 19.7. The molecule has 0 atom stereocenters. The molecule has 242 valence electrons. The molecule has 0 aromatic heterocycles. The van der Waals surface area contributed by atoms with E-state index in [9.17, 15) is 25.2 Å². The maximum absolute atomic E-state index is 10.7. The van der Waals surface area contributed by atoms with Gasteiger partial charge in [-0.05, 0) is 109 Å². The molecule has 3 fully saturated rings. The second-order valence-corrected chi connectivity index (χ2v) is 16.9. The van der Waals surface area contributed by atoms with Crippen LogP contribution in [-0.2, 0) is 10.9 Å². The van der Waals surface area contributed by atoms with E-state index in [1.807, 2.05) is 0 Å². The third kappa shape index (κ3) is 10.5. The van der Waals surface area contributed by atoms with Gasteiger partial charge in [-0.25, -0.2) is 0 Å². The van der Waals surface area contributed by atoms with Crippen molar-refractivity contribution < 1.29 is 25.2 Å². The van der Waals surface area contributed by atoms with Crippen molar-refractivity contribution in [2.75, 3.05) is 0 Å². The van der Waals surface area contributed by atoms with Crippen molar-refractivity contribution in [1.82, 2.24) is 0 Å². The van der Waals surface area contributed by atoms with Gasteiger partial charge in [-0.1, -0.05) is 94.2 Å². The molecule has 0 unspecified atom stereocenters. The average Bonchev–Trinajstić information content (AvgIpc) is 3.02. The zero-order chi connectivity index (χ0) is 31.3. The van der Waals surface area contributed by atoms with Gasteiger partial charge in [0.2, 0.25) is 0 Å². The standard InChI is InChI=1S/C36H45S.F6P/c1-4-10-28(11-5-1)31-16-22-34(23-17-31)37(35-24-18-32(19-25-35)29-12-6-2-7-13-29)36-26-20-33(21-27-36)30-14-8-3-9-15-30;1-7(2,3,4,5)6/h16-30H,1-15H2;/q+1;-1. The molecule has 6 rings (SSSR count). The molecule has 8 heteroatoms. The first-order valence-electron chi connectivity index (χ1n) is 16.4. The van der Waals surface area contributed by atoms with Crippen molar-refractivity contribution in [2.24, 2.45) is 0 Å². The molecule has 44 heavy (non-hydrogen) atoms. The van der Waals surface area contributed by atoms with E-state index in [1.54, 1.807) is 16.7 Å². The van der Waals surface area contributed by atoms with E-state index in [4.69, 9.17) is 0 Å². The molecule has 0 nitrogen and oxygen atoms in total. The summed E-state index contributed by atoms with van der Waals surface area (Å²) >= 11 is 0. The van der Waals surface area contributed by atoms with E-state index in [2.05, 4.69) is 72.8 Å². The Balaban J connectivity index is 0.000000493. The first kappa shape index (κ1) is 33.4. The average molecular weight is 655 g/mol. The van der Waals surface area contributed by atoms with Crippen molar-refractivity contribution in [1.29, 1.82) is 0 Å². The van der Waals surface area contributed by atoms with Crippen LogP contribution in [0.1, 0.15) is 131 Å². The maximum atomic E-state index is 9.87. The summed E-state index contributed by atoms with van der Waals surface area (Å²) in [6, 6.07) is 29.5. The van der Waals surface area contributed by atoms with Crippen LogP contribution in [0.3, 0.4) is 0 Å². The van der Waals surface area contributed by atoms with E-state index in [1.165, 1.54) is 111 Å². The Morgan fingerprint density at radius 3 is 0.773 bits per heavy atom. The SMILES string of the molecule is F[P-](F)(F)(F)(F)F.c1cc([S+](c2ccc(C3CCCCC3)cc2)c2ccc(C3CCCCC3)cc2)ccc1C1CCCCC1. The maximum Gasteiger partial charge on any atom is 0.166 e. The topological polar surface area (TPSA) is 0 Å². The van der Waals surface area contributed by atoms with Crippen molar-refractivity contribution in [3.63, 3.8) is 0 Å². The van der Waals surface area contributed by atoms with Gasteiger partial charge in [0.15, 0.2) is 14.7 Å². The second kappa shape index (κ2) is 13.4. The minimum atomic E-state index is -10.7. The van der Waals surface area contributed by atoms with Gasteiger partial charge in [0.1, 0.15) is 0 Å². The van der Waals surface area contributed by atoms with Gasteiger partial charge in [-0.3, -0.25) is 0 Å². The summed E-state index contributed by atoms with van der Waals surface area (Å²) in [5.74, 6) is 2.32. The first-order chi connectivity index (χ1) is 20.8. The van der Waals surface area contributed by atoms with Crippen LogP contribution < -0.4 is 0 Å². The fourth-order valence-corrected chi connectivity index (χ4v) is 9.39. The predicted octanol–water partition coefficient (Wildman–Crippen LogP) is 14.3. The van der Waals surface area contributed by atoms with Crippen LogP contribution >= 0.6 is 7.81 Å². The monoisotopic (exact) mass is 654 g/mol. The molecule has 0 saturated heterocycles. The predicted molar refractivity (Wildman–Crippen MR) is 173 cm³/mol. The Morgan fingerprint density at radius 1 is 0.364 bits per heavy atom. The number of benzene rings is 3. The van der Waals surface area contributed by atoms with Crippen LogP contribution in [-0.4, -0.2) is 0 Å². The van der Waals surface area contributed by atoms with Crippen molar-refractivity contribution in [3.05, 3.63) is 89.5 Å².